The smallest absolute Gasteiger partial charge is 0.401 e. The van der Waals surface area contributed by atoms with Gasteiger partial charge in [0.05, 0.1) is 6.54 Å². The van der Waals surface area contributed by atoms with E-state index in [0.29, 0.717) is 19.4 Å². The third kappa shape index (κ3) is 4.34. The van der Waals surface area contributed by atoms with Crippen LogP contribution in [-0.2, 0) is 4.79 Å². The Morgan fingerprint density at radius 1 is 1.45 bits per heavy atom. The van der Waals surface area contributed by atoms with Gasteiger partial charge in [-0.2, -0.15) is 13.2 Å². The summed E-state index contributed by atoms with van der Waals surface area (Å²) >= 11 is 0. The van der Waals surface area contributed by atoms with E-state index in [1.807, 2.05) is 6.92 Å². The largest absolute Gasteiger partial charge is 0.480 e. The highest BCUT2D eigenvalue weighted by atomic mass is 19.4. The summed E-state index contributed by atoms with van der Waals surface area (Å²) in [4.78, 5) is 12.8. The third-order valence-electron chi connectivity index (χ3n) is 3.92. The zero-order valence-electron chi connectivity index (χ0n) is 12.0. The van der Waals surface area contributed by atoms with E-state index >= 15 is 0 Å². The molecular formula is C13H23F3N2O2. The van der Waals surface area contributed by atoms with Crippen molar-refractivity contribution in [2.24, 2.45) is 0 Å². The first-order chi connectivity index (χ1) is 9.24. The molecule has 20 heavy (non-hydrogen) atoms. The van der Waals surface area contributed by atoms with Crippen LogP contribution in [0, 0.1) is 0 Å². The van der Waals surface area contributed by atoms with Crippen molar-refractivity contribution < 1.29 is 23.1 Å². The number of carboxylic acids is 1. The normalized spacial score (nSPS) is 27.2. The van der Waals surface area contributed by atoms with Crippen LogP contribution in [0.3, 0.4) is 0 Å². The number of aliphatic carboxylic acids is 1. The van der Waals surface area contributed by atoms with Crippen molar-refractivity contribution in [2.45, 2.75) is 57.3 Å². The first-order valence-corrected chi connectivity index (χ1v) is 7.03. The molecule has 1 saturated carbocycles. The minimum absolute atomic E-state index is 0.228. The molecule has 0 amide bonds. The van der Waals surface area contributed by atoms with Gasteiger partial charge in [-0.3, -0.25) is 9.69 Å². The first-order valence-electron chi connectivity index (χ1n) is 7.03. The Bertz CT molecular complexity index is 336. The number of carbonyl (C=O) groups is 1. The molecule has 2 atom stereocenters. The Hall–Kier alpha value is -0.820. The lowest BCUT2D eigenvalue weighted by Gasteiger charge is -2.31. The van der Waals surface area contributed by atoms with E-state index in [4.69, 9.17) is 0 Å². The summed E-state index contributed by atoms with van der Waals surface area (Å²) in [6, 6.07) is -0.331. The van der Waals surface area contributed by atoms with Crippen molar-refractivity contribution in [1.29, 1.82) is 0 Å². The summed E-state index contributed by atoms with van der Waals surface area (Å²) in [6.07, 6.45) is -2.37. The number of hydrogen-bond donors (Lipinski definition) is 2. The molecule has 0 aromatic heterocycles. The van der Waals surface area contributed by atoms with E-state index in [1.54, 1.807) is 6.92 Å². The number of carboxylic acid groups (broad SMARTS) is 1. The molecule has 0 saturated heterocycles. The highest BCUT2D eigenvalue weighted by Gasteiger charge is 2.47. The fourth-order valence-electron chi connectivity index (χ4n) is 2.86. The molecule has 2 N–H and O–H groups in total. The molecule has 0 aliphatic heterocycles. The maximum atomic E-state index is 12.5. The highest BCUT2D eigenvalue weighted by Crippen LogP contribution is 2.34. The third-order valence-corrected chi connectivity index (χ3v) is 3.92. The highest BCUT2D eigenvalue weighted by molar-refractivity contribution is 5.79. The van der Waals surface area contributed by atoms with E-state index in [0.717, 1.165) is 6.42 Å². The van der Waals surface area contributed by atoms with Crippen LogP contribution in [0.5, 0.6) is 0 Å². The standard InChI is InChI=1S/C13H23F3N2O2/c1-3-7-17-12(11(19)20)6-5-10(8-12)18(4-2)9-13(14,15)16/h10,17H,3-9H2,1-2H3,(H,19,20). The predicted octanol–water partition coefficient (Wildman–Crippen LogP) is 2.25. The van der Waals surface area contributed by atoms with Crippen LogP contribution in [-0.4, -0.2) is 53.4 Å². The van der Waals surface area contributed by atoms with Gasteiger partial charge in [-0.25, -0.2) is 0 Å². The fourth-order valence-corrected chi connectivity index (χ4v) is 2.86. The SMILES string of the molecule is CCCNC1(C(=O)O)CCC(N(CC)CC(F)(F)F)C1. The van der Waals surface area contributed by atoms with E-state index in [1.165, 1.54) is 4.90 Å². The quantitative estimate of drug-likeness (QED) is 0.756. The molecular weight excluding hydrogens is 273 g/mol. The van der Waals surface area contributed by atoms with Gasteiger partial charge in [-0.15, -0.1) is 0 Å². The summed E-state index contributed by atoms with van der Waals surface area (Å²) in [6.45, 7) is 3.46. The van der Waals surface area contributed by atoms with Crippen LogP contribution in [0.1, 0.15) is 39.5 Å². The lowest BCUT2D eigenvalue weighted by molar-refractivity contribution is -0.151. The molecule has 118 valence electrons. The minimum atomic E-state index is -4.25. The number of nitrogens with zero attached hydrogens (tertiary/aromatic N) is 1. The van der Waals surface area contributed by atoms with Crippen LogP contribution >= 0.6 is 0 Å². The van der Waals surface area contributed by atoms with Crippen molar-refractivity contribution in [3.8, 4) is 0 Å². The second kappa shape index (κ2) is 6.76. The van der Waals surface area contributed by atoms with Gasteiger partial charge in [0.15, 0.2) is 0 Å². The van der Waals surface area contributed by atoms with E-state index in [9.17, 15) is 23.1 Å². The Morgan fingerprint density at radius 2 is 2.10 bits per heavy atom. The zero-order valence-corrected chi connectivity index (χ0v) is 12.0. The van der Waals surface area contributed by atoms with Crippen molar-refractivity contribution in [3.63, 3.8) is 0 Å². The van der Waals surface area contributed by atoms with Gasteiger partial charge in [0.2, 0.25) is 0 Å². The van der Waals surface area contributed by atoms with Gasteiger partial charge in [-0.05, 0) is 38.8 Å². The van der Waals surface area contributed by atoms with Gasteiger partial charge in [0.1, 0.15) is 5.54 Å². The summed E-state index contributed by atoms with van der Waals surface area (Å²) in [5, 5.41) is 12.4. The van der Waals surface area contributed by atoms with Crippen molar-refractivity contribution in [1.82, 2.24) is 10.2 Å². The molecule has 4 nitrogen and oxygen atoms in total. The van der Waals surface area contributed by atoms with Gasteiger partial charge in [0, 0.05) is 6.04 Å². The van der Waals surface area contributed by atoms with Crippen LogP contribution in [0.4, 0.5) is 13.2 Å². The molecule has 0 spiro atoms. The van der Waals surface area contributed by atoms with Crippen molar-refractivity contribution in [3.05, 3.63) is 0 Å². The lowest BCUT2D eigenvalue weighted by atomic mass is 9.97. The molecule has 0 aromatic carbocycles. The van der Waals surface area contributed by atoms with E-state index in [-0.39, 0.29) is 19.0 Å². The van der Waals surface area contributed by atoms with Crippen LogP contribution in [0.2, 0.25) is 0 Å². The number of halogens is 3. The van der Waals surface area contributed by atoms with Gasteiger partial charge >= 0.3 is 12.1 Å². The summed E-state index contributed by atoms with van der Waals surface area (Å²) < 4.78 is 37.6. The maximum absolute atomic E-state index is 12.5. The number of rotatable bonds is 7. The first kappa shape index (κ1) is 17.2. The lowest BCUT2D eigenvalue weighted by Crippen LogP contribution is -2.52. The van der Waals surface area contributed by atoms with Gasteiger partial charge in [0.25, 0.3) is 0 Å². The topological polar surface area (TPSA) is 52.6 Å². The van der Waals surface area contributed by atoms with Gasteiger partial charge in [-0.1, -0.05) is 13.8 Å². The van der Waals surface area contributed by atoms with E-state index in [2.05, 4.69) is 5.32 Å². The van der Waals surface area contributed by atoms with Crippen LogP contribution in [0.25, 0.3) is 0 Å². The molecule has 0 bridgehead atoms. The Morgan fingerprint density at radius 3 is 2.55 bits per heavy atom. The van der Waals surface area contributed by atoms with Crippen LogP contribution in [0.15, 0.2) is 0 Å². The van der Waals surface area contributed by atoms with Crippen LogP contribution < -0.4 is 5.32 Å². The predicted molar refractivity (Wildman–Crippen MR) is 69.6 cm³/mol. The second-order valence-corrected chi connectivity index (χ2v) is 5.39. The average molecular weight is 296 g/mol. The maximum Gasteiger partial charge on any atom is 0.401 e. The van der Waals surface area contributed by atoms with Crippen molar-refractivity contribution in [2.75, 3.05) is 19.6 Å². The summed E-state index contributed by atoms with van der Waals surface area (Å²) in [5.41, 5.74) is -1.07. The molecule has 0 aromatic rings. The molecule has 1 rings (SSSR count). The average Bonchev–Trinajstić information content (AvgIpc) is 2.78. The number of hydrogen-bond acceptors (Lipinski definition) is 3. The monoisotopic (exact) mass is 296 g/mol. The molecule has 2 unspecified atom stereocenters. The second-order valence-electron chi connectivity index (χ2n) is 5.39. The molecule has 0 heterocycles. The molecule has 0 radical (unpaired) electrons. The fraction of sp³-hybridized carbons (Fsp3) is 0.923. The molecule has 1 fully saturated rings. The Balaban J connectivity index is 2.73. The Kier molecular flexibility index (Phi) is 5.82. The summed E-state index contributed by atoms with van der Waals surface area (Å²) in [7, 11) is 0. The van der Waals surface area contributed by atoms with Gasteiger partial charge < -0.3 is 10.4 Å². The molecule has 7 heteroatoms. The number of alkyl halides is 3. The summed E-state index contributed by atoms with van der Waals surface area (Å²) in [5.74, 6) is -0.962. The molecule has 1 aliphatic rings. The Labute approximate surface area is 117 Å². The van der Waals surface area contributed by atoms with Crippen molar-refractivity contribution >= 4 is 5.97 Å². The molecule has 1 aliphatic carbocycles. The van der Waals surface area contributed by atoms with E-state index < -0.39 is 24.2 Å². The zero-order chi connectivity index (χ0) is 15.4. The minimum Gasteiger partial charge on any atom is -0.480 e. The number of nitrogens with one attached hydrogen (secondary N) is 1.